The summed E-state index contributed by atoms with van der Waals surface area (Å²) in [7, 11) is 0. The third-order valence-electron chi connectivity index (χ3n) is 3.23. The second-order valence-corrected chi connectivity index (χ2v) is 6.19. The number of furan rings is 1. The highest BCUT2D eigenvalue weighted by Crippen LogP contribution is 2.32. The summed E-state index contributed by atoms with van der Waals surface area (Å²) in [5.41, 5.74) is 8.72. The van der Waals surface area contributed by atoms with Gasteiger partial charge in [0.1, 0.15) is 11.5 Å². The summed E-state index contributed by atoms with van der Waals surface area (Å²) in [4.78, 5) is 4.50. The molecule has 0 amide bonds. The zero-order chi connectivity index (χ0) is 14.3. The number of nitrogens with zero attached hydrogens (tertiary/aromatic N) is 1. The molecule has 0 aliphatic rings. The molecule has 3 aromatic rings. The summed E-state index contributed by atoms with van der Waals surface area (Å²) in [6, 6.07) is 7.98. The maximum Gasteiger partial charge on any atom is 0.126 e. The number of aromatic nitrogens is 1. The summed E-state index contributed by atoms with van der Waals surface area (Å²) >= 11 is 1.66. The van der Waals surface area contributed by atoms with E-state index in [9.17, 15) is 0 Å². The first-order valence-corrected chi connectivity index (χ1v) is 7.34. The summed E-state index contributed by atoms with van der Waals surface area (Å²) in [6.07, 6.45) is 0. The van der Waals surface area contributed by atoms with E-state index in [-0.39, 0.29) is 6.04 Å². The number of fused-ring (bicyclic) bond motifs is 1. The molecule has 2 heterocycles. The van der Waals surface area contributed by atoms with Crippen LogP contribution in [0.15, 0.2) is 28.7 Å². The van der Waals surface area contributed by atoms with E-state index in [1.807, 2.05) is 45.0 Å². The van der Waals surface area contributed by atoms with Gasteiger partial charge >= 0.3 is 0 Å². The highest BCUT2D eigenvalue weighted by atomic mass is 32.1. The van der Waals surface area contributed by atoms with Crippen molar-refractivity contribution in [2.24, 2.45) is 0 Å². The molecule has 3 rings (SSSR count). The third kappa shape index (κ3) is 2.36. The van der Waals surface area contributed by atoms with Crippen molar-refractivity contribution in [2.75, 3.05) is 11.1 Å². The van der Waals surface area contributed by atoms with Crippen LogP contribution in [0.4, 0.5) is 11.4 Å². The first-order chi connectivity index (χ1) is 9.52. The third-order valence-corrected chi connectivity index (χ3v) is 4.16. The van der Waals surface area contributed by atoms with Crippen molar-refractivity contribution in [1.82, 2.24) is 4.98 Å². The summed E-state index contributed by atoms with van der Waals surface area (Å²) in [5.74, 6) is 1.81. The fourth-order valence-electron chi connectivity index (χ4n) is 2.22. The monoisotopic (exact) mass is 287 g/mol. The van der Waals surface area contributed by atoms with E-state index in [0.717, 1.165) is 38.1 Å². The number of hydrogen-bond donors (Lipinski definition) is 2. The molecule has 104 valence electrons. The average molecular weight is 287 g/mol. The molecule has 0 aliphatic carbocycles. The van der Waals surface area contributed by atoms with Crippen molar-refractivity contribution in [3.05, 3.63) is 40.8 Å². The maximum absolute atomic E-state index is 6.11. The molecule has 1 aromatic carbocycles. The number of nitrogens with one attached hydrogen (secondary N) is 1. The second kappa shape index (κ2) is 4.83. The van der Waals surface area contributed by atoms with E-state index in [0.29, 0.717) is 0 Å². The van der Waals surface area contributed by atoms with Crippen molar-refractivity contribution >= 4 is 32.9 Å². The van der Waals surface area contributed by atoms with Crippen LogP contribution in [0.25, 0.3) is 10.2 Å². The Hall–Kier alpha value is -2.01. The molecule has 1 unspecified atom stereocenters. The van der Waals surface area contributed by atoms with Gasteiger partial charge in [-0.25, -0.2) is 4.98 Å². The van der Waals surface area contributed by atoms with Crippen LogP contribution in [0.5, 0.6) is 0 Å². The van der Waals surface area contributed by atoms with E-state index in [1.165, 1.54) is 0 Å². The topological polar surface area (TPSA) is 64.1 Å². The Labute approximate surface area is 121 Å². The number of nitrogen functional groups attached to an aromatic ring is 1. The van der Waals surface area contributed by atoms with Crippen LogP contribution in [0.3, 0.4) is 0 Å². The lowest BCUT2D eigenvalue weighted by atomic mass is 10.2. The van der Waals surface area contributed by atoms with Gasteiger partial charge in [0.2, 0.25) is 0 Å². The van der Waals surface area contributed by atoms with Crippen LogP contribution >= 0.6 is 11.3 Å². The molecule has 0 saturated carbocycles. The first-order valence-electron chi connectivity index (χ1n) is 6.52. The van der Waals surface area contributed by atoms with Crippen LogP contribution in [-0.2, 0) is 0 Å². The molecule has 0 aliphatic heterocycles. The van der Waals surface area contributed by atoms with Crippen molar-refractivity contribution < 1.29 is 4.42 Å². The SMILES string of the molecule is Cc1ccc(C(C)Nc2cc3nc(C)sc3cc2N)o1. The molecule has 0 fully saturated rings. The number of benzene rings is 1. The van der Waals surface area contributed by atoms with Crippen molar-refractivity contribution in [2.45, 2.75) is 26.8 Å². The fraction of sp³-hybridized carbons (Fsp3) is 0.267. The zero-order valence-electron chi connectivity index (χ0n) is 11.7. The van der Waals surface area contributed by atoms with Crippen LogP contribution < -0.4 is 11.1 Å². The van der Waals surface area contributed by atoms with Crippen LogP contribution in [0, 0.1) is 13.8 Å². The van der Waals surface area contributed by atoms with Gasteiger partial charge < -0.3 is 15.5 Å². The second-order valence-electron chi connectivity index (χ2n) is 4.95. The van der Waals surface area contributed by atoms with Crippen molar-refractivity contribution in [1.29, 1.82) is 0 Å². The Kier molecular flexibility index (Phi) is 3.14. The van der Waals surface area contributed by atoms with Gasteiger partial charge in [-0.15, -0.1) is 11.3 Å². The molecule has 5 heteroatoms. The van der Waals surface area contributed by atoms with E-state index in [1.54, 1.807) is 11.3 Å². The maximum atomic E-state index is 6.11. The molecular formula is C15H17N3OS. The van der Waals surface area contributed by atoms with E-state index in [4.69, 9.17) is 10.2 Å². The number of nitrogens with two attached hydrogens (primary N) is 1. The molecule has 20 heavy (non-hydrogen) atoms. The minimum absolute atomic E-state index is 0.0585. The van der Waals surface area contributed by atoms with Gasteiger partial charge in [-0.1, -0.05) is 0 Å². The van der Waals surface area contributed by atoms with Crippen LogP contribution in [0.1, 0.15) is 29.5 Å². The normalized spacial score (nSPS) is 12.8. The predicted molar refractivity (Wildman–Crippen MR) is 84.3 cm³/mol. The lowest BCUT2D eigenvalue weighted by Crippen LogP contribution is -2.07. The summed E-state index contributed by atoms with van der Waals surface area (Å²) in [5, 5.41) is 4.43. The zero-order valence-corrected chi connectivity index (χ0v) is 12.5. The molecule has 0 saturated heterocycles. The molecule has 2 aromatic heterocycles. The predicted octanol–water partition coefficient (Wildman–Crippen LogP) is 4.26. The Bertz CT molecular complexity index is 760. The quantitative estimate of drug-likeness (QED) is 0.706. The van der Waals surface area contributed by atoms with Crippen LogP contribution in [-0.4, -0.2) is 4.98 Å². The molecule has 0 bridgehead atoms. The number of rotatable bonds is 3. The highest BCUT2D eigenvalue weighted by molar-refractivity contribution is 7.18. The molecule has 4 nitrogen and oxygen atoms in total. The highest BCUT2D eigenvalue weighted by Gasteiger charge is 2.12. The molecule has 3 N–H and O–H groups in total. The van der Waals surface area contributed by atoms with Gasteiger partial charge in [0.15, 0.2) is 0 Å². The summed E-state index contributed by atoms with van der Waals surface area (Å²) < 4.78 is 6.75. The van der Waals surface area contributed by atoms with Crippen molar-refractivity contribution in [3.8, 4) is 0 Å². The fourth-order valence-corrected chi connectivity index (χ4v) is 3.08. The Morgan fingerprint density at radius 1 is 1.30 bits per heavy atom. The number of aryl methyl sites for hydroxylation is 2. The largest absolute Gasteiger partial charge is 0.464 e. The standard InChI is InChI=1S/C15H17N3OS/c1-8-4-5-14(19-8)9(2)17-12-7-13-15(6-11(12)16)20-10(3)18-13/h4-7,9,17H,16H2,1-3H3. The Balaban J connectivity index is 1.91. The number of hydrogen-bond acceptors (Lipinski definition) is 5. The minimum atomic E-state index is 0.0585. The number of anilines is 2. The van der Waals surface area contributed by atoms with Gasteiger partial charge in [0.05, 0.1) is 32.6 Å². The molecular weight excluding hydrogens is 270 g/mol. The van der Waals surface area contributed by atoms with Crippen molar-refractivity contribution in [3.63, 3.8) is 0 Å². The first kappa shape index (κ1) is 13.0. The van der Waals surface area contributed by atoms with Gasteiger partial charge in [-0.05, 0) is 45.0 Å². The summed E-state index contributed by atoms with van der Waals surface area (Å²) in [6.45, 7) is 5.99. The lowest BCUT2D eigenvalue weighted by Gasteiger charge is -2.14. The molecule has 0 spiro atoms. The van der Waals surface area contributed by atoms with E-state index in [2.05, 4.69) is 10.3 Å². The smallest absolute Gasteiger partial charge is 0.126 e. The average Bonchev–Trinajstić information content (AvgIpc) is 2.95. The Morgan fingerprint density at radius 2 is 2.10 bits per heavy atom. The number of thiazole rings is 1. The minimum Gasteiger partial charge on any atom is -0.464 e. The lowest BCUT2D eigenvalue weighted by molar-refractivity contribution is 0.467. The van der Waals surface area contributed by atoms with Gasteiger partial charge in [0.25, 0.3) is 0 Å². The molecule has 1 atom stereocenters. The van der Waals surface area contributed by atoms with Gasteiger partial charge in [-0.3, -0.25) is 0 Å². The van der Waals surface area contributed by atoms with Crippen LogP contribution in [0.2, 0.25) is 0 Å². The Morgan fingerprint density at radius 3 is 2.80 bits per heavy atom. The van der Waals surface area contributed by atoms with E-state index < -0.39 is 0 Å². The molecule has 0 radical (unpaired) electrons. The van der Waals surface area contributed by atoms with Gasteiger partial charge in [-0.2, -0.15) is 0 Å². The van der Waals surface area contributed by atoms with E-state index >= 15 is 0 Å². The van der Waals surface area contributed by atoms with Gasteiger partial charge in [0, 0.05) is 0 Å².